The average molecular weight is 552 g/mol. The number of carbonyl (C=O) groups is 2. The Hall–Kier alpha value is -3.47. The number of carbonyl (C=O) groups excluding carboxylic acids is 1. The van der Waals surface area contributed by atoms with Crippen molar-refractivity contribution in [3.05, 3.63) is 53.1 Å². The molecule has 2 fully saturated rings. The number of hydrogen-bond donors (Lipinski definition) is 3. The van der Waals surface area contributed by atoms with Crippen molar-refractivity contribution in [3.8, 4) is 11.5 Å². The van der Waals surface area contributed by atoms with Gasteiger partial charge in [-0.15, -0.1) is 0 Å². The highest BCUT2D eigenvalue weighted by molar-refractivity contribution is 5.90. The molecule has 0 unspecified atom stereocenters. The quantitative estimate of drug-likeness (QED) is 0.468. The molecule has 3 atom stereocenters. The number of aliphatic carboxylic acids is 1. The second-order valence-corrected chi connectivity index (χ2v) is 10.2. The molecule has 11 heteroatoms. The summed E-state index contributed by atoms with van der Waals surface area (Å²) in [7, 11) is 5.56. The fourth-order valence-corrected chi connectivity index (χ4v) is 5.69. The fraction of sp³-hybridized carbons (Fsp3) is 0.500. The van der Waals surface area contributed by atoms with Crippen LogP contribution >= 0.6 is 0 Å². The molecular weight excluding hydrogens is 515 g/mol. The number of nitrogens with zero attached hydrogens (tertiary/aromatic N) is 1. The third-order valence-electron chi connectivity index (χ3n) is 7.69. The number of nitrogens with one attached hydrogen (secondary N) is 2. The van der Waals surface area contributed by atoms with Gasteiger partial charge in [0.25, 0.3) is 0 Å². The third-order valence-corrected chi connectivity index (χ3v) is 7.69. The van der Waals surface area contributed by atoms with Crippen LogP contribution in [0.2, 0.25) is 0 Å². The molecule has 2 aliphatic rings. The standard InChI is InChI=1S/C26H35N3O3.C2HF3O2/c1-17-6-8-21(18(2)14-17)28-25(30)27-20-10-11-26(12-13-29(3)24(26)16-20)19-7-9-22(31-4)23(15-19)32-5;3-2(4,5)1(6)7/h6-9,14-15,20,24H,10-13,16H2,1-5H3,(H2,27,28,30);(H,6,7)/t20-,24+,26+;/m1./s1. The number of alkyl halides is 3. The number of hydrogen-bond acceptors (Lipinski definition) is 5. The van der Waals surface area contributed by atoms with E-state index in [4.69, 9.17) is 19.4 Å². The van der Waals surface area contributed by atoms with Crippen molar-refractivity contribution in [1.29, 1.82) is 0 Å². The van der Waals surface area contributed by atoms with E-state index < -0.39 is 12.1 Å². The summed E-state index contributed by atoms with van der Waals surface area (Å²) in [4.78, 5) is 24.1. The Morgan fingerprint density at radius 1 is 1.05 bits per heavy atom. The number of aryl methyl sites for hydroxylation is 2. The van der Waals surface area contributed by atoms with Crippen LogP contribution in [0.1, 0.15) is 42.4 Å². The molecule has 1 saturated carbocycles. The van der Waals surface area contributed by atoms with Gasteiger partial charge >= 0.3 is 18.2 Å². The van der Waals surface area contributed by atoms with Gasteiger partial charge < -0.3 is 30.1 Å². The summed E-state index contributed by atoms with van der Waals surface area (Å²) in [6.45, 7) is 5.14. The van der Waals surface area contributed by atoms with Crippen molar-refractivity contribution in [2.24, 2.45) is 0 Å². The van der Waals surface area contributed by atoms with Crippen LogP contribution in [0.4, 0.5) is 23.7 Å². The lowest BCUT2D eigenvalue weighted by Crippen LogP contribution is -2.52. The molecule has 8 nitrogen and oxygen atoms in total. The number of carboxylic acid groups (broad SMARTS) is 1. The Kier molecular flexibility index (Phi) is 9.37. The summed E-state index contributed by atoms with van der Waals surface area (Å²) >= 11 is 0. The van der Waals surface area contributed by atoms with Gasteiger partial charge in [-0.2, -0.15) is 13.2 Å². The van der Waals surface area contributed by atoms with Crippen LogP contribution in [0, 0.1) is 13.8 Å². The Labute approximate surface area is 226 Å². The van der Waals surface area contributed by atoms with Gasteiger partial charge in [0.05, 0.1) is 14.2 Å². The van der Waals surface area contributed by atoms with E-state index in [1.54, 1.807) is 14.2 Å². The van der Waals surface area contributed by atoms with E-state index in [0.29, 0.717) is 6.04 Å². The predicted molar refractivity (Wildman–Crippen MR) is 142 cm³/mol. The molecule has 1 saturated heterocycles. The minimum Gasteiger partial charge on any atom is -0.493 e. The van der Waals surface area contributed by atoms with Gasteiger partial charge in [0, 0.05) is 23.2 Å². The molecule has 0 aromatic heterocycles. The molecule has 0 radical (unpaired) electrons. The molecule has 0 bridgehead atoms. The Bertz CT molecular complexity index is 1190. The first-order chi connectivity index (χ1) is 18.3. The van der Waals surface area contributed by atoms with E-state index in [-0.39, 0.29) is 17.5 Å². The highest BCUT2D eigenvalue weighted by Crippen LogP contribution is 2.49. The molecule has 214 valence electrons. The van der Waals surface area contributed by atoms with Gasteiger partial charge in [0.2, 0.25) is 0 Å². The average Bonchev–Trinajstić information content (AvgIpc) is 3.22. The minimum absolute atomic E-state index is 0.0799. The first kappa shape index (κ1) is 30.1. The number of benzene rings is 2. The summed E-state index contributed by atoms with van der Waals surface area (Å²) in [6, 6.07) is 12.8. The maximum atomic E-state index is 12.7. The zero-order chi connectivity index (χ0) is 29.0. The summed E-state index contributed by atoms with van der Waals surface area (Å²) in [5, 5.41) is 13.4. The number of amides is 2. The molecule has 39 heavy (non-hydrogen) atoms. The van der Waals surface area contributed by atoms with Gasteiger partial charge in [-0.05, 0) is 82.4 Å². The topological polar surface area (TPSA) is 100 Å². The van der Waals surface area contributed by atoms with Gasteiger partial charge in [-0.3, -0.25) is 0 Å². The van der Waals surface area contributed by atoms with Crippen molar-refractivity contribution in [2.45, 2.75) is 63.2 Å². The maximum Gasteiger partial charge on any atom is 0.490 e. The van der Waals surface area contributed by atoms with E-state index in [0.717, 1.165) is 55.0 Å². The predicted octanol–water partition coefficient (Wildman–Crippen LogP) is 5.27. The molecule has 3 N–H and O–H groups in total. The van der Waals surface area contributed by atoms with Crippen molar-refractivity contribution in [1.82, 2.24) is 10.2 Å². The molecule has 1 aliphatic heterocycles. The fourth-order valence-electron chi connectivity index (χ4n) is 5.69. The number of urea groups is 1. The number of likely N-dealkylation sites (tertiary alicyclic amines) is 1. The number of likely N-dealkylation sites (N-methyl/N-ethyl adjacent to an activating group) is 1. The highest BCUT2D eigenvalue weighted by atomic mass is 19.4. The lowest BCUT2D eigenvalue weighted by atomic mass is 9.65. The second kappa shape index (κ2) is 12.1. The Balaban J connectivity index is 0.000000532. The summed E-state index contributed by atoms with van der Waals surface area (Å²) in [6.07, 6.45) is -1.04. The van der Waals surface area contributed by atoms with Gasteiger partial charge in [0.1, 0.15) is 0 Å². The van der Waals surface area contributed by atoms with Gasteiger partial charge in [-0.1, -0.05) is 23.8 Å². The molecule has 4 rings (SSSR count). The molecule has 2 amide bonds. The normalized spacial score (nSPS) is 22.7. The second-order valence-electron chi connectivity index (χ2n) is 10.2. The molecule has 2 aromatic carbocycles. The number of anilines is 1. The van der Waals surface area contributed by atoms with E-state index in [1.807, 2.05) is 25.1 Å². The SMILES string of the molecule is COc1ccc([C@@]23CC[C@@H](NC(=O)Nc4ccc(C)cc4C)C[C@@H]2N(C)CC3)cc1OC.O=C(O)C(F)(F)F. The van der Waals surface area contributed by atoms with Crippen molar-refractivity contribution in [3.63, 3.8) is 0 Å². The summed E-state index contributed by atoms with van der Waals surface area (Å²) in [5.41, 5.74) is 4.52. The van der Waals surface area contributed by atoms with E-state index in [2.05, 4.69) is 47.7 Å². The van der Waals surface area contributed by atoms with Crippen LogP contribution in [-0.2, 0) is 10.2 Å². The van der Waals surface area contributed by atoms with Crippen LogP contribution in [-0.4, -0.2) is 68.1 Å². The lowest BCUT2D eigenvalue weighted by Gasteiger charge is -2.45. The van der Waals surface area contributed by atoms with Crippen LogP contribution in [0.15, 0.2) is 36.4 Å². The van der Waals surface area contributed by atoms with E-state index >= 15 is 0 Å². The number of carboxylic acids is 1. The number of halogens is 3. The zero-order valence-corrected chi connectivity index (χ0v) is 22.8. The molecule has 1 aliphatic carbocycles. The number of fused-ring (bicyclic) bond motifs is 1. The summed E-state index contributed by atoms with van der Waals surface area (Å²) in [5.74, 6) is -1.22. The van der Waals surface area contributed by atoms with Crippen LogP contribution in [0.25, 0.3) is 0 Å². The largest absolute Gasteiger partial charge is 0.493 e. The number of methoxy groups -OCH3 is 2. The lowest BCUT2D eigenvalue weighted by molar-refractivity contribution is -0.192. The molecule has 1 heterocycles. The third kappa shape index (κ3) is 6.95. The van der Waals surface area contributed by atoms with Crippen LogP contribution in [0.5, 0.6) is 11.5 Å². The zero-order valence-electron chi connectivity index (χ0n) is 22.8. The van der Waals surface area contributed by atoms with Crippen molar-refractivity contribution < 1.29 is 37.3 Å². The highest BCUT2D eigenvalue weighted by Gasteiger charge is 2.50. The molecular formula is C28H36F3N3O5. The molecule has 0 spiro atoms. The van der Waals surface area contributed by atoms with E-state index in [1.165, 1.54) is 11.1 Å². The van der Waals surface area contributed by atoms with Crippen LogP contribution < -0.4 is 20.1 Å². The number of ether oxygens (including phenoxy) is 2. The van der Waals surface area contributed by atoms with Crippen LogP contribution in [0.3, 0.4) is 0 Å². The first-order valence-electron chi connectivity index (χ1n) is 12.7. The minimum atomic E-state index is -5.08. The Morgan fingerprint density at radius 3 is 2.31 bits per heavy atom. The van der Waals surface area contributed by atoms with Crippen molar-refractivity contribution >= 4 is 17.7 Å². The smallest absolute Gasteiger partial charge is 0.490 e. The number of rotatable bonds is 5. The Morgan fingerprint density at radius 2 is 1.72 bits per heavy atom. The summed E-state index contributed by atoms with van der Waals surface area (Å²) < 4.78 is 42.8. The van der Waals surface area contributed by atoms with Crippen molar-refractivity contribution in [2.75, 3.05) is 33.1 Å². The monoisotopic (exact) mass is 551 g/mol. The molecule has 2 aromatic rings. The maximum absolute atomic E-state index is 12.7. The van der Waals surface area contributed by atoms with E-state index in [9.17, 15) is 18.0 Å². The van der Waals surface area contributed by atoms with Gasteiger partial charge in [-0.25, -0.2) is 9.59 Å². The first-order valence-corrected chi connectivity index (χ1v) is 12.7. The van der Waals surface area contributed by atoms with Gasteiger partial charge in [0.15, 0.2) is 11.5 Å².